The fourth-order valence-corrected chi connectivity index (χ4v) is 1.99. The smallest absolute Gasteiger partial charge is 0.245 e. The number of morpholine rings is 1. The van der Waals surface area contributed by atoms with Crippen LogP contribution in [0.3, 0.4) is 0 Å². The summed E-state index contributed by atoms with van der Waals surface area (Å²) in [6.45, 7) is 6.90. The average molecular weight is 271 g/mol. The zero-order chi connectivity index (χ0) is 14.4. The first-order valence-corrected chi connectivity index (χ1v) is 6.88. The van der Waals surface area contributed by atoms with Crippen LogP contribution in [0.25, 0.3) is 0 Å². The van der Waals surface area contributed by atoms with E-state index in [-0.39, 0.29) is 36.9 Å². The number of carbonyl (C=O) groups is 2. The zero-order valence-electron chi connectivity index (χ0n) is 12.0. The predicted molar refractivity (Wildman–Crippen MR) is 72.5 cm³/mol. The van der Waals surface area contributed by atoms with Gasteiger partial charge >= 0.3 is 0 Å². The van der Waals surface area contributed by atoms with E-state index >= 15 is 0 Å². The molecule has 0 spiro atoms. The number of rotatable bonds is 5. The summed E-state index contributed by atoms with van der Waals surface area (Å²) in [7, 11) is 0. The molecule has 0 aromatic carbocycles. The SMILES string of the molecule is CCC(N)CC(=O)N1CCOCC1C(=O)NC(C)C. The molecule has 2 atom stereocenters. The van der Waals surface area contributed by atoms with Crippen LogP contribution in [0.15, 0.2) is 0 Å². The molecule has 3 N–H and O–H groups in total. The second-order valence-electron chi connectivity index (χ2n) is 5.21. The van der Waals surface area contributed by atoms with E-state index in [2.05, 4.69) is 5.32 Å². The molecule has 0 aromatic rings. The second-order valence-corrected chi connectivity index (χ2v) is 5.21. The van der Waals surface area contributed by atoms with Crippen molar-refractivity contribution in [1.82, 2.24) is 10.2 Å². The Morgan fingerprint density at radius 2 is 2.16 bits per heavy atom. The Kier molecular flexibility index (Phi) is 6.24. The van der Waals surface area contributed by atoms with Crippen molar-refractivity contribution < 1.29 is 14.3 Å². The number of nitrogens with two attached hydrogens (primary N) is 1. The van der Waals surface area contributed by atoms with Gasteiger partial charge in [0.15, 0.2) is 0 Å². The fraction of sp³-hybridized carbons (Fsp3) is 0.846. The van der Waals surface area contributed by atoms with Crippen molar-refractivity contribution in [3.05, 3.63) is 0 Å². The molecule has 19 heavy (non-hydrogen) atoms. The number of nitrogens with one attached hydrogen (secondary N) is 1. The highest BCUT2D eigenvalue weighted by molar-refractivity contribution is 5.88. The standard InChI is InChI=1S/C13H25N3O3/c1-4-10(14)7-12(17)16-5-6-19-8-11(16)13(18)15-9(2)3/h9-11H,4-8,14H2,1-3H3,(H,15,18). The van der Waals surface area contributed by atoms with Gasteiger partial charge in [-0.15, -0.1) is 0 Å². The number of hydrogen-bond donors (Lipinski definition) is 2. The number of ether oxygens (including phenoxy) is 1. The van der Waals surface area contributed by atoms with Crippen molar-refractivity contribution in [2.75, 3.05) is 19.8 Å². The van der Waals surface area contributed by atoms with Crippen molar-refractivity contribution in [2.45, 2.75) is 51.7 Å². The molecule has 1 rings (SSSR count). The molecule has 0 aliphatic carbocycles. The van der Waals surface area contributed by atoms with Gasteiger partial charge < -0.3 is 20.7 Å². The highest BCUT2D eigenvalue weighted by Crippen LogP contribution is 2.11. The molecule has 2 amide bonds. The van der Waals surface area contributed by atoms with Gasteiger partial charge in [0, 0.05) is 25.0 Å². The Balaban J connectivity index is 2.66. The van der Waals surface area contributed by atoms with Crippen LogP contribution in [0.2, 0.25) is 0 Å². The molecule has 0 saturated carbocycles. The molecule has 1 aliphatic rings. The molecule has 6 nitrogen and oxygen atoms in total. The maximum Gasteiger partial charge on any atom is 0.245 e. The van der Waals surface area contributed by atoms with E-state index < -0.39 is 6.04 Å². The van der Waals surface area contributed by atoms with Gasteiger partial charge in [-0.2, -0.15) is 0 Å². The van der Waals surface area contributed by atoms with Gasteiger partial charge in [0.05, 0.1) is 13.2 Å². The normalized spacial score (nSPS) is 21.3. The Morgan fingerprint density at radius 3 is 2.74 bits per heavy atom. The number of nitrogens with zero attached hydrogens (tertiary/aromatic N) is 1. The minimum atomic E-state index is -0.535. The van der Waals surface area contributed by atoms with Crippen LogP contribution in [0.4, 0.5) is 0 Å². The van der Waals surface area contributed by atoms with Crippen LogP contribution < -0.4 is 11.1 Å². The lowest BCUT2D eigenvalue weighted by Gasteiger charge is -2.35. The summed E-state index contributed by atoms with van der Waals surface area (Å²) in [6.07, 6.45) is 1.03. The van der Waals surface area contributed by atoms with Gasteiger partial charge in [-0.1, -0.05) is 6.92 Å². The van der Waals surface area contributed by atoms with Gasteiger partial charge in [0.25, 0.3) is 0 Å². The Hall–Kier alpha value is -1.14. The van der Waals surface area contributed by atoms with E-state index in [9.17, 15) is 9.59 Å². The highest BCUT2D eigenvalue weighted by Gasteiger charge is 2.33. The first-order chi connectivity index (χ1) is 8.95. The predicted octanol–water partition coefficient (Wildman–Crippen LogP) is -0.134. The molecule has 1 fully saturated rings. The van der Waals surface area contributed by atoms with Crippen LogP contribution in [-0.4, -0.2) is 54.6 Å². The Bertz CT molecular complexity index is 320. The van der Waals surface area contributed by atoms with Crippen molar-refractivity contribution in [1.29, 1.82) is 0 Å². The molecule has 0 aromatic heterocycles. The average Bonchev–Trinajstić information content (AvgIpc) is 2.37. The molecular formula is C13H25N3O3. The lowest BCUT2D eigenvalue weighted by atomic mass is 10.1. The van der Waals surface area contributed by atoms with E-state index in [1.165, 1.54) is 0 Å². The third-order valence-corrected chi connectivity index (χ3v) is 3.14. The van der Waals surface area contributed by atoms with Crippen LogP contribution in [0.1, 0.15) is 33.6 Å². The van der Waals surface area contributed by atoms with Crippen molar-refractivity contribution in [3.8, 4) is 0 Å². The number of hydrogen-bond acceptors (Lipinski definition) is 4. The molecule has 2 unspecified atom stereocenters. The highest BCUT2D eigenvalue weighted by atomic mass is 16.5. The monoisotopic (exact) mass is 271 g/mol. The third kappa shape index (κ3) is 4.80. The van der Waals surface area contributed by atoms with Crippen LogP contribution in [-0.2, 0) is 14.3 Å². The number of amides is 2. The quantitative estimate of drug-likeness (QED) is 0.729. The molecule has 1 saturated heterocycles. The maximum atomic E-state index is 12.2. The van der Waals surface area contributed by atoms with Crippen molar-refractivity contribution in [3.63, 3.8) is 0 Å². The Morgan fingerprint density at radius 1 is 1.47 bits per heavy atom. The van der Waals surface area contributed by atoms with Crippen LogP contribution in [0.5, 0.6) is 0 Å². The molecule has 0 radical (unpaired) electrons. The lowest BCUT2D eigenvalue weighted by Crippen LogP contribution is -2.57. The largest absolute Gasteiger partial charge is 0.377 e. The third-order valence-electron chi connectivity index (χ3n) is 3.14. The molecule has 0 bridgehead atoms. The van der Waals surface area contributed by atoms with E-state index in [4.69, 9.17) is 10.5 Å². The molecule has 6 heteroatoms. The van der Waals surface area contributed by atoms with Gasteiger partial charge in [0.2, 0.25) is 11.8 Å². The van der Waals surface area contributed by atoms with E-state index in [1.54, 1.807) is 4.90 Å². The van der Waals surface area contributed by atoms with Gasteiger partial charge in [0.1, 0.15) is 6.04 Å². The van der Waals surface area contributed by atoms with Crippen LogP contribution in [0, 0.1) is 0 Å². The summed E-state index contributed by atoms with van der Waals surface area (Å²) in [5, 5.41) is 2.82. The zero-order valence-corrected chi connectivity index (χ0v) is 12.0. The van der Waals surface area contributed by atoms with Crippen molar-refractivity contribution >= 4 is 11.8 Å². The summed E-state index contributed by atoms with van der Waals surface area (Å²) in [6, 6.07) is -0.638. The Labute approximate surface area is 114 Å². The van der Waals surface area contributed by atoms with Gasteiger partial charge in [-0.25, -0.2) is 0 Å². The molecular weight excluding hydrogens is 246 g/mol. The summed E-state index contributed by atoms with van der Waals surface area (Å²) >= 11 is 0. The van der Waals surface area contributed by atoms with E-state index in [0.29, 0.717) is 13.2 Å². The molecule has 110 valence electrons. The van der Waals surface area contributed by atoms with Crippen molar-refractivity contribution in [2.24, 2.45) is 5.73 Å². The summed E-state index contributed by atoms with van der Waals surface area (Å²) in [5.74, 6) is -0.227. The van der Waals surface area contributed by atoms with Gasteiger partial charge in [-0.3, -0.25) is 9.59 Å². The first-order valence-electron chi connectivity index (χ1n) is 6.88. The van der Waals surface area contributed by atoms with E-state index in [1.807, 2.05) is 20.8 Å². The van der Waals surface area contributed by atoms with E-state index in [0.717, 1.165) is 6.42 Å². The fourth-order valence-electron chi connectivity index (χ4n) is 1.99. The number of carbonyl (C=O) groups excluding carboxylic acids is 2. The molecule has 1 aliphatic heterocycles. The topological polar surface area (TPSA) is 84.7 Å². The first kappa shape index (κ1) is 15.9. The lowest BCUT2D eigenvalue weighted by molar-refractivity contribution is -0.149. The minimum Gasteiger partial charge on any atom is -0.377 e. The molecule has 1 heterocycles. The minimum absolute atomic E-state index is 0.0456. The summed E-state index contributed by atoms with van der Waals surface area (Å²) in [5.41, 5.74) is 5.80. The van der Waals surface area contributed by atoms with Crippen LogP contribution >= 0.6 is 0 Å². The second kappa shape index (κ2) is 7.45. The summed E-state index contributed by atoms with van der Waals surface area (Å²) in [4.78, 5) is 25.8. The maximum absolute atomic E-state index is 12.2. The van der Waals surface area contributed by atoms with Gasteiger partial charge in [-0.05, 0) is 20.3 Å². The summed E-state index contributed by atoms with van der Waals surface area (Å²) < 4.78 is 5.31.